The number of carbonyl (C=O) groups is 1. The van der Waals surface area contributed by atoms with Crippen LogP contribution in [0.1, 0.15) is 26.3 Å². The molecule has 3 N–H and O–H groups in total. The van der Waals surface area contributed by atoms with Gasteiger partial charge in [-0.2, -0.15) is 0 Å². The van der Waals surface area contributed by atoms with Crippen molar-refractivity contribution in [3.8, 4) is 5.75 Å². The zero-order valence-corrected chi connectivity index (χ0v) is 10.8. The van der Waals surface area contributed by atoms with Crippen LogP contribution in [0.2, 0.25) is 0 Å². The largest absolute Gasteiger partial charge is 0.495 e. The van der Waals surface area contributed by atoms with Gasteiger partial charge in [0.05, 0.1) is 12.8 Å². The van der Waals surface area contributed by atoms with Crippen molar-refractivity contribution in [3.63, 3.8) is 0 Å². The van der Waals surface area contributed by atoms with Gasteiger partial charge in [-0.15, -0.1) is 0 Å². The highest BCUT2D eigenvalue weighted by atomic mass is 16.5. The maximum Gasteiger partial charge on any atom is 0.221 e. The molecule has 0 atom stereocenters. The van der Waals surface area contributed by atoms with Crippen molar-refractivity contribution >= 4 is 11.6 Å². The first kappa shape index (κ1) is 13.5. The number of rotatable bonds is 4. The first-order valence-electron chi connectivity index (χ1n) is 5.57. The summed E-state index contributed by atoms with van der Waals surface area (Å²) in [5.41, 5.74) is 7.37. The van der Waals surface area contributed by atoms with E-state index in [9.17, 15) is 4.79 Å². The molecule has 1 amide bonds. The monoisotopic (exact) mass is 236 g/mol. The van der Waals surface area contributed by atoms with Crippen molar-refractivity contribution in [2.45, 2.75) is 26.2 Å². The number of benzene rings is 1. The van der Waals surface area contributed by atoms with E-state index in [1.54, 1.807) is 7.11 Å². The van der Waals surface area contributed by atoms with Gasteiger partial charge in [0.15, 0.2) is 0 Å². The van der Waals surface area contributed by atoms with Crippen molar-refractivity contribution in [1.82, 2.24) is 0 Å². The highest BCUT2D eigenvalue weighted by Crippen LogP contribution is 2.31. The standard InChI is InChI=1S/C13H20N2O2/c1-9(16)15-11-7-10(13(2,3)8-14)5-6-12(11)17-4/h5-7H,8,14H2,1-4H3,(H,15,16). The molecule has 0 unspecified atom stereocenters. The Morgan fingerprint density at radius 2 is 2.12 bits per heavy atom. The zero-order chi connectivity index (χ0) is 13.1. The van der Waals surface area contributed by atoms with Gasteiger partial charge < -0.3 is 15.8 Å². The van der Waals surface area contributed by atoms with Gasteiger partial charge in [0.25, 0.3) is 0 Å². The quantitative estimate of drug-likeness (QED) is 0.839. The average molecular weight is 236 g/mol. The minimum atomic E-state index is -0.126. The van der Waals surface area contributed by atoms with Gasteiger partial charge in [0.1, 0.15) is 5.75 Å². The van der Waals surface area contributed by atoms with Crippen LogP contribution in [0.15, 0.2) is 18.2 Å². The molecule has 0 saturated carbocycles. The van der Waals surface area contributed by atoms with Crippen molar-refractivity contribution in [2.75, 3.05) is 19.0 Å². The molecular weight excluding hydrogens is 216 g/mol. The van der Waals surface area contributed by atoms with Gasteiger partial charge in [-0.05, 0) is 17.7 Å². The number of methoxy groups -OCH3 is 1. The molecule has 0 aliphatic heterocycles. The minimum absolute atomic E-state index is 0.119. The number of amides is 1. The highest BCUT2D eigenvalue weighted by Gasteiger charge is 2.20. The number of ether oxygens (including phenoxy) is 1. The molecule has 0 heterocycles. The third kappa shape index (κ3) is 3.20. The van der Waals surface area contributed by atoms with Gasteiger partial charge in [-0.1, -0.05) is 19.9 Å². The summed E-state index contributed by atoms with van der Waals surface area (Å²) in [6, 6.07) is 5.72. The van der Waals surface area contributed by atoms with Crippen molar-refractivity contribution in [1.29, 1.82) is 0 Å². The SMILES string of the molecule is COc1ccc(C(C)(C)CN)cc1NC(C)=O. The van der Waals surface area contributed by atoms with Crippen LogP contribution in [0.3, 0.4) is 0 Å². The minimum Gasteiger partial charge on any atom is -0.495 e. The Kier molecular flexibility index (Phi) is 4.12. The summed E-state index contributed by atoms with van der Waals surface area (Å²) in [5.74, 6) is 0.530. The van der Waals surface area contributed by atoms with Crippen LogP contribution < -0.4 is 15.8 Å². The Morgan fingerprint density at radius 3 is 2.59 bits per heavy atom. The molecule has 0 aromatic heterocycles. The Morgan fingerprint density at radius 1 is 1.47 bits per heavy atom. The van der Waals surface area contributed by atoms with E-state index in [2.05, 4.69) is 19.2 Å². The summed E-state index contributed by atoms with van der Waals surface area (Å²) < 4.78 is 5.20. The highest BCUT2D eigenvalue weighted by molar-refractivity contribution is 5.90. The molecule has 4 heteroatoms. The summed E-state index contributed by atoms with van der Waals surface area (Å²) in [6.45, 7) is 6.14. The molecule has 1 rings (SSSR count). The normalized spacial score (nSPS) is 11.1. The predicted molar refractivity (Wildman–Crippen MR) is 69.4 cm³/mol. The van der Waals surface area contributed by atoms with Gasteiger partial charge in [-0.25, -0.2) is 0 Å². The summed E-state index contributed by atoms with van der Waals surface area (Å²) in [6.07, 6.45) is 0. The summed E-state index contributed by atoms with van der Waals surface area (Å²) in [4.78, 5) is 11.1. The second kappa shape index (κ2) is 5.19. The van der Waals surface area contributed by atoms with E-state index in [-0.39, 0.29) is 11.3 Å². The Hall–Kier alpha value is -1.55. The molecule has 0 aliphatic rings. The number of hydrogen-bond donors (Lipinski definition) is 2. The Bertz CT molecular complexity index is 414. The van der Waals surface area contributed by atoms with Crippen LogP contribution in [-0.2, 0) is 10.2 Å². The van der Waals surface area contributed by atoms with Gasteiger partial charge in [-0.3, -0.25) is 4.79 Å². The molecule has 1 aromatic rings. The van der Waals surface area contributed by atoms with Crippen molar-refractivity contribution < 1.29 is 9.53 Å². The third-order valence-corrected chi connectivity index (χ3v) is 2.80. The van der Waals surface area contributed by atoms with Crippen molar-refractivity contribution in [2.24, 2.45) is 5.73 Å². The summed E-state index contributed by atoms with van der Waals surface area (Å²) in [7, 11) is 1.58. The molecule has 0 spiro atoms. The van der Waals surface area contributed by atoms with Gasteiger partial charge >= 0.3 is 0 Å². The maximum absolute atomic E-state index is 11.1. The van der Waals surface area contributed by atoms with E-state index in [1.807, 2.05) is 18.2 Å². The van der Waals surface area contributed by atoms with E-state index in [1.165, 1.54) is 6.92 Å². The second-order valence-electron chi connectivity index (χ2n) is 4.68. The van der Waals surface area contributed by atoms with E-state index >= 15 is 0 Å². The number of nitrogens with one attached hydrogen (secondary N) is 1. The van der Waals surface area contributed by atoms with Crippen LogP contribution in [0.5, 0.6) is 5.75 Å². The van der Waals surface area contributed by atoms with E-state index < -0.39 is 0 Å². The second-order valence-corrected chi connectivity index (χ2v) is 4.68. The van der Waals surface area contributed by atoms with E-state index in [0.29, 0.717) is 18.0 Å². The average Bonchev–Trinajstić information content (AvgIpc) is 2.28. The van der Waals surface area contributed by atoms with E-state index in [0.717, 1.165) is 5.56 Å². The number of carbonyl (C=O) groups excluding carboxylic acids is 1. The smallest absolute Gasteiger partial charge is 0.221 e. The van der Waals surface area contributed by atoms with Crippen molar-refractivity contribution in [3.05, 3.63) is 23.8 Å². The molecule has 0 fully saturated rings. The van der Waals surface area contributed by atoms with Gasteiger partial charge in [0, 0.05) is 18.9 Å². The molecule has 4 nitrogen and oxygen atoms in total. The Balaban J connectivity index is 3.17. The fourth-order valence-electron chi connectivity index (χ4n) is 1.53. The fourth-order valence-corrected chi connectivity index (χ4v) is 1.53. The molecule has 0 bridgehead atoms. The van der Waals surface area contributed by atoms with Crippen LogP contribution in [0.25, 0.3) is 0 Å². The Labute approximate surface area is 102 Å². The summed E-state index contributed by atoms with van der Waals surface area (Å²) in [5, 5.41) is 2.76. The molecular formula is C13H20N2O2. The lowest BCUT2D eigenvalue weighted by Crippen LogP contribution is -2.28. The predicted octanol–water partition coefficient (Wildman–Crippen LogP) is 1.89. The molecule has 17 heavy (non-hydrogen) atoms. The van der Waals surface area contributed by atoms with Crippen LogP contribution in [0, 0.1) is 0 Å². The molecule has 94 valence electrons. The van der Waals surface area contributed by atoms with Crippen LogP contribution in [0.4, 0.5) is 5.69 Å². The third-order valence-electron chi connectivity index (χ3n) is 2.80. The molecule has 0 radical (unpaired) electrons. The first-order valence-corrected chi connectivity index (χ1v) is 5.57. The fraction of sp³-hybridized carbons (Fsp3) is 0.462. The van der Waals surface area contributed by atoms with E-state index in [4.69, 9.17) is 10.5 Å². The molecule has 1 aromatic carbocycles. The number of anilines is 1. The number of nitrogens with two attached hydrogens (primary N) is 1. The molecule has 0 saturated heterocycles. The molecule has 0 aliphatic carbocycles. The maximum atomic E-state index is 11.1. The topological polar surface area (TPSA) is 64.3 Å². The lowest BCUT2D eigenvalue weighted by atomic mass is 9.84. The zero-order valence-electron chi connectivity index (χ0n) is 10.8. The van der Waals surface area contributed by atoms with Gasteiger partial charge in [0.2, 0.25) is 5.91 Å². The summed E-state index contributed by atoms with van der Waals surface area (Å²) >= 11 is 0. The van der Waals surface area contributed by atoms with Crippen LogP contribution >= 0.6 is 0 Å². The lowest BCUT2D eigenvalue weighted by molar-refractivity contribution is -0.114. The lowest BCUT2D eigenvalue weighted by Gasteiger charge is -2.24. The number of hydrogen-bond acceptors (Lipinski definition) is 3. The first-order chi connectivity index (χ1) is 7.90. The van der Waals surface area contributed by atoms with Crippen LogP contribution in [-0.4, -0.2) is 19.6 Å².